The van der Waals surface area contributed by atoms with Crippen molar-refractivity contribution in [3.05, 3.63) is 82.9 Å². The fourth-order valence-corrected chi connectivity index (χ4v) is 3.12. The van der Waals surface area contributed by atoms with Crippen molar-refractivity contribution in [3.63, 3.8) is 0 Å². The maximum absolute atomic E-state index is 12.6. The molecule has 0 saturated carbocycles. The van der Waals surface area contributed by atoms with Crippen molar-refractivity contribution >= 4 is 34.2 Å². The van der Waals surface area contributed by atoms with E-state index in [1.54, 1.807) is 6.07 Å². The maximum Gasteiger partial charge on any atom is 0.234 e. The molecule has 3 aromatic rings. The minimum absolute atomic E-state index is 0.303. The molecule has 0 aliphatic heterocycles. The van der Waals surface area contributed by atoms with Gasteiger partial charge >= 0.3 is 0 Å². The van der Waals surface area contributed by atoms with Gasteiger partial charge in [-0.1, -0.05) is 66.2 Å². The smallest absolute Gasteiger partial charge is 0.234 e. The van der Waals surface area contributed by atoms with E-state index in [0.29, 0.717) is 11.4 Å². The number of halogens is 1. The van der Waals surface area contributed by atoms with Gasteiger partial charge in [-0.2, -0.15) is 0 Å². The van der Waals surface area contributed by atoms with E-state index in [1.807, 2.05) is 60.7 Å². The van der Waals surface area contributed by atoms with E-state index < -0.39 is 5.92 Å². The predicted molar refractivity (Wildman–Crippen MR) is 102 cm³/mol. The largest absolute Gasteiger partial charge is 0.370 e. The molecule has 4 N–H and O–H groups in total. The number of nitrogens with one attached hydrogen (secondary N) is 2. The van der Waals surface area contributed by atoms with Crippen LogP contribution in [0.5, 0.6) is 0 Å². The lowest BCUT2D eigenvalue weighted by molar-refractivity contribution is -0.121. The molecule has 0 radical (unpaired) electrons. The lowest BCUT2D eigenvalue weighted by atomic mass is 9.90. The molecule has 5 heteroatoms. The number of carbonyl (C=O) groups excluding carboxylic acids is 1. The van der Waals surface area contributed by atoms with Gasteiger partial charge in [-0.05, 0) is 40.5 Å². The quantitative estimate of drug-likeness (QED) is 0.493. The molecule has 4 nitrogen and oxygen atoms in total. The molecular formula is C20H18ClN3O. The first kappa shape index (κ1) is 17.0. The van der Waals surface area contributed by atoms with Gasteiger partial charge in [0, 0.05) is 5.02 Å². The molecule has 0 fully saturated rings. The molecule has 0 heterocycles. The SMILES string of the molecule is N=C(N)NC(=O)[C@H](Cc1cccc(Cl)c1)c1ccc2ccccc2c1. The summed E-state index contributed by atoms with van der Waals surface area (Å²) < 4.78 is 0. The summed E-state index contributed by atoms with van der Waals surface area (Å²) in [5.41, 5.74) is 7.17. The van der Waals surface area contributed by atoms with Crippen molar-refractivity contribution < 1.29 is 4.79 Å². The van der Waals surface area contributed by atoms with Crippen LogP contribution in [0.25, 0.3) is 10.8 Å². The van der Waals surface area contributed by atoms with Crippen molar-refractivity contribution in [1.29, 1.82) is 5.41 Å². The fourth-order valence-electron chi connectivity index (χ4n) is 2.91. The average molecular weight is 352 g/mol. The van der Waals surface area contributed by atoms with E-state index in [4.69, 9.17) is 22.7 Å². The Hall–Kier alpha value is -2.85. The maximum atomic E-state index is 12.6. The highest BCUT2D eigenvalue weighted by atomic mass is 35.5. The van der Waals surface area contributed by atoms with Crippen LogP contribution in [0.3, 0.4) is 0 Å². The van der Waals surface area contributed by atoms with Crippen LogP contribution in [0, 0.1) is 5.41 Å². The predicted octanol–water partition coefficient (Wildman–Crippen LogP) is 3.83. The number of hydrogen-bond donors (Lipinski definition) is 3. The highest BCUT2D eigenvalue weighted by Gasteiger charge is 2.22. The van der Waals surface area contributed by atoms with Crippen LogP contribution in [0.1, 0.15) is 17.0 Å². The minimum atomic E-state index is -0.466. The van der Waals surface area contributed by atoms with E-state index in [1.165, 1.54) is 0 Å². The number of benzene rings is 3. The third-order valence-corrected chi connectivity index (χ3v) is 4.31. The van der Waals surface area contributed by atoms with Crippen molar-refractivity contribution in [2.24, 2.45) is 5.73 Å². The Labute approximate surface area is 151 Å². The van der Waals surface area contributed by atoms with Crippen LogP contribution in [-0.4, -0.2) is 11.9 Å². The molecule has 0 aliphatic carbocycles. The summed E-state index contributed by atoms with van der Waals surface area (Å²) in [5.74, 6) is -1.13. The fraction of sp³-hybridized carbons (Fsp3) is 0.100. The first-order valence-corrected chi connectivity index (χ1v) is 8.29. The van der Waals surface area contributed by atoms with E-state index in [0.717, 1.165) is 21.9 Å². The third kappa shape index (κ3) is 4.17. The zero-order valence-corrected chi connectivity index (χ0v) is 14.3. The molecule has 1 amide bonds. The monoisotopic (exact) mass is 351 g/mol. The Kier molecular flexibility index (Phi) is 5.00. The third-order valence-electron chi connectivity index (χ3n) is 4.08. The van der Waals surface area contributed by atoms with Gasteiger partial charge in [0.15, 0.2) is 5.96 Å². The molecule has 0 spiro atoms. The number of carbonyl (C=O) groups is 1. The summed E-state index contributed by atoms with van der Waals surface area (Å²) in [6.07, 6.45) is 0.470. The summed E-state index contributed by atoms with van der Waals surface area (Å²) in [6.45, 7) is 0. The second-order valence-electron chi connectivity index (χ2n) is 5.90. The zero-order chi connectivity index (χ0) is 17.8. The van der Waals surface area contributed by atoms with Gasteiger partial charge in [-0.3, -0.25) is 15.5 Å². The molecule has 0 aliphatic rings. The first-order chi connectivity index (χ1) is 12.0. The Bertz CT molecular complexity index is 939. The molecule has 0 saturated heterocycles. The molecule has 0 aromatic heterocycles. The summed E-state index contributed by atoms with van der Waals surface area (Å²) in [7, 11) is 0. The second kappa shape index (κ2) is 7.36. The van der Waals surface area contributed by atoms with Crippen LogP contribution in [0.15, 0.2) is 66.7 Å². The van der Waals surface area contributed by atoms with Crippen LogP contribution < -0.4 is 11.1 Å². The lowest BCUT2D eigenvalue weighted by Gasteiger charge is -2.18. The second-order valence-corrected chi connectivity index (χ2v) is 6.33. The molecule has 3 aromatic carbocycles. The summed E-state index contributed by atoms with van der Waals surface area (Å²) >= 11 is 6.06. The molecule has 25 heavy (non-hydrogen) atoms. The molecular weight excluding hydrogens is 334 g/mol. The summed E-state index contributed by atoms with van der Waals surface area (Å²) in [4.78, 5) is 12.6. The number of fused-ring (bicyclic) bond motifs is 1. The van der Waals surface area contributed by atoms with E-state index >= 15 is 0 Å². The highest BCUT2D eigenvalue weighted by Crippen LogP contribution is 2.26. The topological polar surface area (TPSA) is 79.0 Å². The van der Waals surface area contributed by atoms with Gasteiger partial charge in [0.1, 0.15) is 0 Å². The number of rotatable bonds is 4. The van der Waals surface area contributed by atoms with Crippen LogP contribution >= 0.6 is 11.6 Å². The van der Waals surface area contributed by atoms with Crippen molar-refractivity contribution in [3.8, 4) is 0 Å². The molecule has 0 bridgehead atoms. The zero-order valence-electron chi connectivity index (χ0n) is 13.5. The van der Waals surface area contributed by atoms with Gasteiger partial charge in [0.25, 0.3) is 0 Å². The van der Waals surface area contributed by atoms with Gasteiger partial charge in [0.05, 0.1) is 5.92 Å². The Morgan fingerprint density at radius 2 is 1.80 bits per heavy atom. The standard InChI is InChI=1S/C20H18ClN3O/c21-17-7-3-4-13(10-17)11-18(19(25)24-20(22)23)16-9-8-14-5-1-2-6-15(14)12-16/h1-10,12,18H,11H2,(H4,22,23,24,25)/t18-/m1/s1. The average Bonchev–Trinajstić information content (AvgIpc) is 2.58. The molecule has 1 atom stereocenters. The molecule has 126 valence electrons. The van der Waals surface area contributed by atoms with Crippen molar-refractivity contribution in [2.75, 3.05) is 0 Å². The number of hydrogen-bond acceptors (Lipinski definition) is 2. The van der Waals surface area contributed by atoms with Crippen molar-refractivity contribution in [1.82, 2.24) is 5.32 Å². The van der Waals surface area contributed by atoms with Gasteiger partial charge < -0.3 is 5.73 Å². The van der Waals surface area contributed by atoms with Crippen LogP contribution in [-0.2, 0) is 11.2 Å². The normalized spacial score (nSPS) is 11.9. The highest BCUT2D eigenvalue weighted by molar-refractivity contribution is 6.30. The van der Waals surface area contributed by atoms with Crippen molar-refractivity contribution in [2.45, 2.75) is 12.3 Å². The van der Waals surface area contributed by atoms with Gasteiger partial charge in [-0.15, -0.1) is 0 Å². The van der Waals surface area contributed by atoms with Gasteiger partial charge in [-0.25, -0.2) is 0 Å². The Balaban J connectivity index is 1.99. The molecule has 0 unspecified atom stereocenters. The Morgan fingerprint density at radius 1 is 1.04 bits per heavy atom. The summed E-state index contributed by atoms with van der Waals surface area (Å²) in [6, 6.07) is 21.4. The Morgan fingerprint density at radius 3 is 2.52 bits per heavy atom. The molecule has 3 rings (SSSR count). The number of guanidine groups is 1. The van der Waals surface area contributed by atoms with E-state index in [-0.39, 0.29) is 11.9 Å². The van der Waals surface area contributed by atoms with Crippen LogP contribution in [0.2, 0.25) is 5.02 Å². The lowest BCUT2D eigenvalue weighted by Crippen LogP contribution is -2.39. The summed E-state index contributed by atoms with van der Waals surface area (Å²) in [5, 5.41) is 12.6. The minimum Gasteiger partial charge on any atom is -0.370 e. The van der Waals surface area contributed by atoms with E-state index in [9.17, 15) is 4.79 Å². The van der Waals surface area contributed by atoms with Gasteiger partial charge in [0.2, 0.25) is 5.91 Å². The first-order valence-electron chi connectivity index (χ1n) is 7.91. The van der Waals surface area contributed by atoms with Crippen LogP contribution in [0.4, 0.5) is 0 Å². The van der Waals surface area contributed by atoms with E-state index in [2.05, 4.69) is 5.32 Å². The number of amides is 1. The number of nitrogens with two attached hydrogens (primary N) is 1.